The van der Waals surface area contributed by atoms with Gasteiger partial charge in [0, 0.05) is 11.1 Å². The number of ether oxygens (including phenoxy) is 2. The van der Waals surface area contributed by atoms with E-state index >= 15 is 0 Å². The van der Waals surface area contributed by atoms with E-state index in [2.05, 4.69) is 13.8 Å². The van der Waals surface area contributed by atoms with E-state index in [1.54, 1.807) is 30.6 Å². The number of amides is 1. The van der Waals surface area contributed by atoms with Crippen LogP contribution in [0.2, 0.25) is 0 Å². The van der Waals surface area contributed by atoms with Crippen LogP contribution in [-0.2, 0) is 11.2 Å². The predicted molar refractivity (Wildman–Crippen MR) is 97.9 cm³/mol. The molecule has 0 bridgehead atoms. The molecule has 2 N–H and O–H groups in total. The lowest BCUT2D eigenvalue weighted by atomic mass is 9.99. The van der Waals surface area contributed by atoms with Crippen LogP contribution in [0.5, 0.6) is 5.75 Å². The van der Waals surface area contributed by atoms with Crippen molar-refractivity contribution in [2.45, 2.75) is 40.5 Å². The maximum Gasteiger partial charge on any atom is 0.513 e. The van der Waals surface area contributed by atoms with Crippen LogP contribution in [0.4, 0.5) is 4.79 Å². The SMILES string of the molecule is CCOC(=O)Oc1c2ccc(C(=O)NO)ccc-2c(CCC(C)C)c1C. The Morgan fingerprint density at radius 3 is 2.38 bits per heavy atom. The number of hydrogen-bond donors (Lipinski definition) is 2. The number of carbonyl (C=O) groups excluding carboxylic acids is 2. The normalized spacial score (nSPS) is 10.8. The lowest BCUT2D eigenvalue weighted by Crippen LogP contribution is -2.17. The molecule has 0 atom stereocenters. The summed E-state index contributed by atoms with van der Waals surface area (Å²) >= 11 is 0. The molecule has 0 spiro atoms. The molecule has 140 valence electrons. The van der Waals surface area contributed by atoms with E-state index in [0.717, 1.165) is 35.1 Å². The molecule has 0 aromatic carbocycles. The minimum atomic E-state index is -0.752. The molecule has 0 heterocycles. The lowest BCUT2D eigenvalue weighted by molar-refractivity contribution is 0.0706. The second-order valence-corrected chi connectivity index (χ2v) is 6.54. The van der Waals surface area contributed by atoms with Gasteiger partial charge in [-0.1, -0.05) is 19.9 Å². The summed E-state index contributed by atoms with van der Waals surface area (Å²) in [5.41, 5.74) is 5.55. The van der Waals surface area contributed by atoms with Crippen LogP contribution >= 0.6 is 0 Å². The van der Waals surface area contributed by atoms with Crippen LogP contribution in [-0.4, -0.2) is 23.9 Å². The molecule has 0 unspecified atom stereocenters. The van der Waals surface area contributed by atoms with Crippen LogP contribution in [0.25, 0.3) is 11.1 Å². The molecule has 2 aliphatic carbocycles. The van der Waals surface area contributed by atoms with Crippen molar-refractivity contribution in [1.29, 1.82) is 0 Å². The molecular weight excluding hydrogens is 334 g/mol. The zero-order valence-electron chi connectivity index (χ0n) is 15.6. The van der Waals surface area contributed by atoms with Gasteiger partial charge >= 0.3 is 6.16 Å². The van der Waals surface area contributed by atoms with E-state index in [0.29, 0.717) is 17.2 Å². The first-order valence-electron chi connectivity index (χ1n) is 8.73. The molecule has 0 aliphatic heterocycles. The van der Waals surface area contributed by atoms with Crippen molar-refractivity contribution in [2.24, 2.45) is 5.92 Å². The molecule has 6 nitrogen and oxygen atoms in total. The summed E-state index contributed by atoms with van der Waals surface area (Å²) in [6.07, 6.45) is 1.07. The number of carbonyl (C=O) groups is 2. The topological polar surface area (TPSA) is 84.9 Å². The van der Waals surface area contributed by atoms with Gasteiger partial charge in [-0.25, -0.2) is 10.3 Å². The van der Waals surface area contributed by atoms with Crippen molar-refractivity contribution >= 4 is 12.1 Å². The zero-order valence-corrected chi connectivity index (χ0v) is 15.6. The Kier molecular flexibility index (Phi) is 6.58. The fourth-order valence-corrected chi connectivity index (χ4v) is 2.92. The third kappa shape index (κ3) is 4.32. The average Bonchev–Trinajstić information content (AvgIpc) is 2.75. The molecule has 2 aliphatic rings. The third-order valence-electron chi connectivity index (χ3n) is 4.30. The van der Waals surface area contributed by atoms with Crippen molar-refractivity contribution in [3.63, 3.8) is 0 Å². The third-order valence-corrected chi connectivity index (χ3v) is 4.30. The van der Waals surface area contributed by atoms with Crippen LogP contribution in [0.3, 0.4) is 0 Å². The number of nitrogens with one attached hydrogen (secondary N) is 1. The zero-order chi connectivity index (χ0) is 19.3. The van der Waals surface area contributed by atoms with Gasteiger partial charge in [0.05, 0.1) is 6.61 Å². The van der Waals surface area contributed by atoms with Crippen molar-refractivity contribution in [2.75, 3.05) is 6.61 Å². The van der Waals surface area contributed by atoms with Gasteiger partial charge in [0.25, 0.3) is 5.91 Å². The highest BCUT2D eigenvalue weighted by Gasteiger charge is 2.24. The average molecular weight is 359 g/mol. The first kappa shape index (κ1) is 19.7. The van der Waals surface area contributed by atoms with Gasteiger partial charge in [-0.3, -0.25) is 10.0 Å². The maximum atomic E-state index is 11.8. The van der Waals surface area contributed by atoms with E-state index in [4.69, 9.17) is 14.7 Å². The number of fused-ring (bicyclic) bond motifs is 1. The predicted octanol–water partition coefficient (Wildman–Crippen LogP) is 4.34. The lowest BCUT2D eigenvalue weighted by Gasteiger charge is -2.06. The fraction of sp³-hybridized carbons (Fsp3) is 0.400. The summed E-state index contributed by atoms with van der Waals surface area (Å²) in [6.45, 7) is 8.17. The van der Waals surface area contributed by atoms with Gasteiger partial charge in [-0.2, -0.15) is 0 Å². The summed E-state index contributed by atoms with van der Waals surface area (Å²) in [5.74, 6) is 0.377. The van der Waals surface area contributed by atoms with Gasteiger partial charge in [0.2, 0.25) is 0 Å². The maximum absolute atomic E-state index is 11.8. The van der Waals surface area contributed by atoms with Gasteiger partial charge in [0.15, 0.2) is 0 Å². The first-order chi connectivity index (χ1) is 12.4. The molecular formula is C20H25NO5. The Balaban J connectivity index is 2.55. The largest absolute Gasteiger partial charge is 0.513 e. The minimum Gasteiger partial charge on any atom is -0.434 e. The summed E-state index contributed by atoms with van der Waals surface area (Å²) in [7, 11) is 0. The van der Waals surface area contributed by atoms with Crippen molar-refractivity contribution in [1.82, 2.24) is 5.48 Å². The minimum absolute atomic E-state index is 0.228. The molecule has 0 radical (unpaired) electrons. The first-order valence-corrected chi connectivity index (χ1v) is 8.73. The van der Waals surface area contributed by atoms with Gasteiger partial charge in [0.1, 0.15) is 5.75 Å². The molecule has 0 aromatic heterocycles. The fourth-order valence-electron chi connectivity index (χ4n) is 2.92. The molecule has 0 fully saturated rings. The molecule has 26 heavy (non-hydrogen) atoms. The number of rotatable bonds is 6. The van der Waals surface area contributed by atoms with Gasteiger partial charge < -0.3 is 9.47 Å². The Hall–Kier alpha value is -2.60. The highest BCUT2D eigenvalue weighted by molar-refractivity contribution is 5.94. The summed E-state index contributed by atoms with van der Waals surface area (Å²) < 4.78 is 10.3. The molecule has 1 amide bonds. The summed E-state index contributed by atoms with van der Waals surface area (Å²) in [5, 5.41) is 8.85. The Morgan fingerprint density at radius 2 is 1.81 bits per heavy atom. The van der Waals surface area contributed by atoms with Gasteiger partial charge in [-0.15, -0.1) is 0 Å². The Morgan fingerprint density at radius 1 is 1.15 bits per heavy atom. The van der Waals surface area contributed by atoms with Crippen LogP contribution in [0.15, 0.2) is 24.3 Å². The molecule has 0 saturated heterocycles. The van der Waals surface area contributed by atoms with Crippen LogP contribution < -0.4 is 10.2 Å². The Labute approximate surface area is 153 Å². The monoisotopic (exact) mass is 359 g/mol. The smallest absolute Gasteiger partial charge is 0.434 e. The molecule has 0 aromatic rings. The second kappa shape index (κ2) is 8.67. The highest BCUT2D eigenvalue weighted by Crippen LogP contribution is 2.43. The van der Waals surface area contributed by atoms with E-state index in [1.807, 2.05) is 13.0 Å². The van der Waals surface area contributed by atoms with E-state index in [1.165, 1.54) is 0 Å². The second-order valence-electron chi connectivity index (χ2n) is 6.54. The quantitative estimate of drug-likeness (QED) is 0.455. The van der Waals surface area contributed by atoms with Crippen LogP contribution in [0, 0.1) is 12.8 Å². The van der Waals surface area contributed by atoms with E-state index in [-0.39, 0.29) is 6.61 Å². The van der Waals surface area contributed by atoms with Crippen molar-refractivity contribution < 1.29 is 24.3 Å². The Bertz CT molecular complexity index is 769. The standard InChI is InChI=1S/C20H25NO5/c1-5-25-20(23)26-18-13(4)15(9-6-12(2)3)16-10-7-14(19(22)21-24)8-11-17(16)18/h7-8,10-12,24H,5-6,9H2,1-4H3,(H,21,22). The molecule has 2 rings (SSSR count). The molecule has 0 saturated carbocycles. The highest BCUT2D eigenvalue weighted by atomic mass is 16.7. The van der Waals surface area contributed by atoms with E-state index < -0.39 is 12.1 Å². The number of hydrogen-bond acceptors (Lipinski definition) is 5. The summed E-state index contributed by atoms with van der Waals surface area (Å²) in [6, 6.07) is 6.76. The van der Waals surface area contributed by atoms with Crippen LogP contribution in [0.1, 0.15) is 48.7 Å². The van der Waals surface area contributed by atoms with Gasteiger partial charge in [-0.05, 0) is 67.5 Å². The summed E-state index contributed by atoms with van der Waals surface area (Å²) in [4.78, 5) is 23.5. The van der Waals surface area contributed by atoms with E-state index in [9.17, 15) is 9.59 Å². The molecule has 6 heteroatoms. The van der Waals surface area contributed by atoms with Crippen molar-refractivity contribution in [3.8, 4) is 16.9 Å². The van der Waals surface area contributed by atoms with Crippen molar-refractivity contribution in [3.05, 3.63) is 41.0 Å². The number of hydroxylamine groups is 1.